The third kappa shape index (κ3) is 14.8. The van der Waals surface area contributed by atoms with E-state index in [0.717, 1.165) is 51.5 Å². The van der Waals surface area contributed by atoms with E-state index in [-0.39, 0.29) is 11.2 Å². The molecule has 24 heavy (non-hydrogen) atoms. The predicted octanol–water partition coefficient (Wildman–Crippen LogP) is 2.21. The van der Waals surface area contributed by atoms with Crippen molar-refractivity contribution in [1.29, 1.82) is 0 Å². The van der Waals surface area contributed by atoms with Crippen LogP contribution in [0.1, 0.15) is 53.4 Å². The zero-order valence-corrected chi connectivity index (χ0v) is 17.0. The lowest BCUT2D eigenvalue weighted by molar-refractivity contribution is 0.129. The summed E-state index contributed by atoms with van der Waals surface area (Å²) in [5, 5.41) is 6.52. The van der Waals surface area contributed by atoms with Gasteiger partial charge in [-0.2, -0.15) is 0 Å². The Bertz CT molecular complexity index is 448. The van der Waals surface area contributed by atoms with Crippen LogP contribution in [0.4, 0.5) is 0 Å². The number of hydrogen-bond donors (Lipinski definition) is 2. The van der Waals surface area contributed by atoms with Gasteiger partial charge < -0.3 is 15.4 Å². The molecule has 0 amide bonds. The molecule has 144 valence electrons. The summed E-state index contributed by atoms with van der Waals surface area (Å²) in [4.78, 5) is 4.59. The maximum absolute atomic E-state index is 11.3. The Morgan fingerprint density at radius 2 is 1.79 bits per heavy atom. The Balaban J connectivity index is 4.21. The van der Waals surface area contributed by atoms with Gasteiger partial charge >= 0.3 is 0 Å². The van der Waals surface area contributed by atoms with Crippen LogP contribution >= 0.6 is 0 Å². The average Bonchev–Trinajstić information content (AvgIpc) is 2.49. The Labute approximate surface area is 148 Å². The van der Waals surface area contributed by atoms with Crippen LogP contribution in [-0.2, 0) is 14.6 Å². The molecule has 0 aromatic heterocycles. The predicted molar refractivity (Wildman–Crippen MR) is 102 cm³/mol. The molecule has 0 aromatic carbocycles. The van der Waals surface area contributed by atoms with Crippen molar-refractivity contribution in [3.05, 3.63) is 0 Å². The molecule has 0 saturated carbocycles. The van der Waals surface area contributed by atoms with E-state index in [2.05, 4.69) is 22.5 Å². The van der Waals surface area contributed by atoms with Gasteiger partial charge in [-0.1, -0.05) is 27.2 Å². The Morgan fingerprint density at radius 3 is 2.38 bits per heavy atom. The van der Waals surface area contributed by atoms with Crippen molar-refractivity contribution >= 4 is 15.8 Å². The molecule has 6 nitrogen and oxygen atoms in total. The van der Waals surface area contributed by atoms with Gasteiger partial charge in [-0.3, -0.25) is 4.99 Å². The minimum atomic E-state index is -2.93. The van der Waals surface area contributed by atoms with Crippen molar-refractivity contribution in [2.75, 3.05) is 44.9 Å². The van der Waals surface area contributed by atoms with Gasteiger partial charge in [0.05, 0.1) is 5.75 Å². The minimum absolute atomic E-state index is 0.144. The normalized spacial score (nSPS) is 13.1. The van der Waals surface area contributed by atoms with E-state index in [0.29, 0.717) is 13.0 Å². The molecule has 0 rings (SSSR count). The number of ether oxygens (including phenoxy) is 1. The van der Waals surface area contributed by atoms with Crippen LogP contribution < -0.4 is 10.6 Å². The number of aliphatic imine (C=N–C) groups is 1. The lowest BCUT2D eigenvalue weighted by Gasteiger charge is -2.22. The van der Waals surface area contributed by atoms with Crippen molar-refractivity contribution in [2.24, 2.45) is 10.4 Å². The topological polar surface area (TPSA) is 79.8 Å². The van der Waals surface area contributed by atoms with Crippen molar-refractivity contribution in [1.82, 2.24) is 10.6 Å². The van der Waals surface area contributed by atoms with E-state index in [1.54, 1.807) is 0 Å². The number of nitrogens with one attached hydrogen (secondary N) is 2. The van der Waals surface area contributed by atoms with Crippen molar-refractivity contribution in [3.8, 4) is 0 Å². The van der Waals surface area contributed by atoms with Gasteiger partial charge in [0.25, 0.3) is 0 Å². The first kappa shape index (κ1) is 23.2. The standard InChI is InChI=1S/C17H37N3O3S/c1-6-8-12-23-13-9-11-19-16(18-7-2)20-15-17(3,4)10-14-24(5,21)22/h6-15H2,1-5H3,(H2,18,19,20). The first-order valence-corrected chi connectivity index (χ1v) is 11.0. The highest BCUT2D eigenvalue weighted by Crippen LogP contribution is 2.21. The lowest BCUT2D eigenvalue weighted by atomic mass is 9.90. The average molecular weight is 364 g/mol. The quantitative estimate of drug-likeness (QED) is 0.298. The van der Waals surface area contributed by atoms with Crippen LogP contribution in [0.15, 0.2) is 4.99 Å². The first-order chi connectivity index (χ1) is 11.2. The van der Waals surface area contributed by atoms with Gasteiger partial charge in [0.15, 0.2) is 5.96 Å². The molecule has 0 heterocycles. The molecule has 0 atom stereocenters. The molecule has 0 radical (unpaired) electrons. The third-order valence-electron chi connectivity index (χ3n) is 3.56. The molecule has 0 bridgehead atoms. The maximum Gasteiger partial charge on any atom is 0.191 e. The summed E-state index contributed by atoms with van der Waals surface area (Å²) in [6.45, 7) is 12.1. The largest absolute Gasteiger partial charge is 0.381 e. The maximum atomic E-state index is 11.3. The third-order valence-corrected chi connectivity index (χ3v) is 4.50. The Morgan fingerprint density at radius 1 is 1.12 bits per heavy atom. The molecular weight excluding hydrogens is 326 g/mol. The van der Waals surface area contributed by atoms with Crippen LogP contribution in [-0.4, -0.2) is 59.2 Å². The molecular formula is C17H37N3O3S. The molecule has 0 aliphatic rings. The second kappa shape index (κ2) is 12.5. The zero-order chi connectivity index (χ0) is 18.5. The highest BCUT2D eigenvalue weighted by atomic mass is 32.2. The molecule has 2 N–H and O–H groups in total. The molecule has 0 saturated heterocycles. The fraction of sp³-hybridized carbons (Fsp3) is 0.941. The number of rotatable bonds is 13. The molecule has 7 heteroatoms. The number of hydrogen-bond acceptors (Lipinski definition) is 4. The van der Waals surface area contributed by atoms with E-state index in [9.17, 15) is 8.42 Å². The molecule has 0 aliphatic carbocycles. The van der Waals surface area contributed by atoms with Gasteiger partial charge in [0, 0.05) is 39.1 Å². The number of nitrogens with zero attached hydrogens (tertiary/aromatic N) is 1. The summed E-state index contributed by atoms with van der Waals surface area (Å²) in [6, 6.07) is 0. The van der Waals surface area contributed by atoms with Gasteiger partial charge in [-0.05, 0) is 31.6 Å². The zero-order valence-electron chi connectivity index (χ0n) is 16.2. The molecule has 0 unspecified atom stereocenters. The summed E-state index contributed by atoms with van der Waals surface area (Å²) in [5.74, 6) is 0.979. The van der Waals surface area contributed by atoms with Crippen LogP contribution in [0.2, 0.25) is 0 Å². The van der Waals surface area contributed by atoms with Gasteiger partial charge in [-0.25, -0.2) is 8.42 Å². The fourth-order valence-electron chi connectivity index (χ4n) is 1.91. The van der Waals surface area contributed by atoms with Crippen molar-refractivity contribution in [3.63, 3.8) is 0 Å². The van der Waals surface area contributed by atoms with E-state index in [1.807, 2.05) is 20.8 Å². The first-order valence-electron chi connectivity index (χ1n) is 8.98. The fourth-order valence-corrected chi connectivity index (χ4v) is 2.83. The summed E-state index contributed by atoms with van der Waals surface area (Å²) in [7, 11) is -2.93. The number of guanidine groups is 1. The minimum Gasteiger partial charge on any atom is -0.381 e. The molecule has 0 fully saturated rings. The van der Waals surface area contributed by atoms with Gasteiger partial charge in [0.1, 0.15) is 9.84 Å². The molecule has 0 aliphatic heterocycles. The Kier molecular flexibility index (Phi) is 12.1. The molecule has 0 aromatic rings. The van der Waals surface area contributed by atoms with Crippen LogP contribution in [0.25, 0.3) is 0 Å². The SMILES string of the molecule is CCCCOCCCNC(=NCC(C)(C)CCS(C)(=O)=O)NCC. The van der Waals surface area contributed by atoms with Crippen LogP contribution in [0, 0.1) is 5.41 Å². The van der Waals surface area contributed by atoms with Crippen molar-refractivity contribution < 1.29 is 13.2 Å². The number of unbranched alkanes of at least 4 members (excludes halogenated alkanes) is 1. The highest BCUT2D eigenvalue weighted by molar-refractivity contribution is 7.90. The van der Waals surface area contributed by atoms with E-state index in [1.165, 1.54) is 6.26 Å². The monoisotopic (exact) mass is 363 g/mol. The summed E-state index contributed by atoms with van der Waals surface area (Å²) in [5.41, 5.74) is -0.144. The molecule has 0 spiro atoms. The van der Waals surface area contributed by atoms with E-state index in [4.69, 9.17) is 4.74 Å². The van der Waals surface area contributed by atoms with E-state index >= 15 is 0 Å². The van der Waals surface area contributed by atoms with Crippen molar-refractivity contribution in [2.45, 2.75) is 53.4 Å². The van der Waals surface area contributed by atoms with E-state index < -0.39 is 9.84 Å². The number of sulfone groups is 1. The Hall–Kier alpha value is -0.820. The lowest BCUT2D eigenvalue weighted by Crippen LogP contribution is -2.39. The summed E-state index contributed by atoms with van der Waals surface area (Å²) in [6.07, 6.45) is 5.09. The van der Waals surface area contributed by atoms with Gasteiger partial charge in [0.2, 0.25) is 0 Å². The second-order valence-electron chi connectivity index (χ2n) is 6.99. The second-order valence-corrected chi connectivity index (χ2v) is 9.25. The highest BCUT2D eigenvalue weighted by Gasteiger charge is 2.20. The van der Waals surface area contributed by atoms with Gasteiger partial charge in [-0.15, -0.1) is 0 Å². The van der Waals surface area contributed by atoms with Crippen LogP contribution in [0.5, 0.6) is 0 Å². The summed E-state index contributed by atoms with van der Waals surface area (Å²) >= 11 is 0. The summed E-state index contributed by atoms with van der Waals surface area (Å²) < 4.78 is 28.2. The van der Waals surface area contributed by atoms with Crippen LogP contribution in [0.3, 0.4) is 0 Å². The smallest absolute Gasteiger partial charge is 0.191 e.